The van der Waals surface area contributed by atoms with E-state index in [1.54, 1.807) is 25.1 Å². The lowest BCUT2D eigenvalue weighted by molar-refractivity contribution is -0.127. The number of thiocarbonyl (C=S) groups is 1. The Bertz CT molecular complexity index is 479. The molecule has 0 bridgehead atoms. The minimum absolute atomic E-state index is 0.314. The molecule has 0 aliphatic heterocycles. The Kier molecular flexibility index (Phi) is 7.03. The predicted molar refractivity (Wildman–Crippen MR) is 86.3 cm³/mol. The van der Waals surface area contributed by atoms with Gasteiger partial charge in [0.1, 0.15) is 5.75 Å². The van der Waals surface area contributed by atoms with E-state index in [-0.39, 0.29) is 5.91 Å². The van der Waals surface area contributed by atoms with Crippen LogP contribution < -0.4 is 20.9 Å². The van der Waals surface area contributed by atoms with Crippen molar-refractivity contribution >= 4 is 39.2 Å². The lowest BCUT2D eigenvalue weighted by atomic mass is 10.3. The Balaban J connectivity index is 2.37. The summed E-state index contributed by atoms with van der Waals surface area (Å²) in [6.07, 6.45) is 1.01. The monoisotopic (exact) mass is 357 g/mol. The van der Waals surface area contributed by atoms with Gasteiger partial charge in [-0.2, -0.15) is 0 Å². The lowest BCUT2D eigenvalue weighted by Gasteiger charge is -2.16. The van der Waals surface area contributed by atoms with Crippen molar-refractivity contribution in [1.82, 2.24) is 16.2 Å². The van der Waals surface area contributed by atoms with E-state index in [4.69, 9.17) is 17.0 Å². The van der Waals surface area contributed by atoms with Crippen molar-refractivity contribution in [1.29, 1.82) is 0 Å². The van der Waals surface area contributed by atoms with Crippen LogP contribution in [0.3, 0.4) is 0 Å². The Labute approximate surface area is 131 Å². The van der Waals surface area contributed by atoms with Gasteiger partial charge in [-0.25, -0.2) is 0 Å². The zero-order valence-corrected chi connectivity index (χ0v) is 13.4. The molecule has 1 amide bonds. The number of carbonyl (C=O) groups is 1. The molecule has 0 spiro atoms. The number of hydrogen-bond acceptors (Lipinski definition) is 3. The van der Waals surface area contributed by atoms with Crippen molar-refractivity contribution in [3.05, 3.63) is 41.4 Å². The summed E-state index contributed by atoms with van der Waals surface area (Å²) in [4.78, 5) is 11.8. The molecule has 1 aromatic rings. The van der Waals surface area contributed by atoms with Gasteiger partial charge in [0, 0.05) is 11.0 Å². The largest absolute Gasteiger partial charge is 0.481 e. The average molecular weight is 358 g/mol. The van der Waals surface area contributed by atoms with Crippen molar-refractivity contribution < 1.29 is 9.53 Å². The molecule has 1 atom stereocenters. The van der Waals surface area contributed by atoms with Gasteiger partial charge in [0.2, 0.25) is 0 Å². The summed E-state index contributed by atoms with van der Waals surface area (Å²) in [6.45, 7) is 5.72. The third-order valence-corrected chi connectivity index (χ3v) is 2.98. The summed E-state index contributed by atoms with van der Waals surface area (Å²) in [6, 6.07) is 7.23. The Morgan fingerprint density at radius 2 is 2.10 bits per heavy atom. The minimum Gasteiger partial charge on any atom is -0.481 e. The van der Waals surface area contributed by atoms with E-state index >= 15 is 0 Å². The highest BCUT2D eigenvalue weighted by Crippen LogP contribution is 2.17. The average Bonchev–Trinajstić information content (AvgIpc) is 2.44. The van der Waals surface area contributed by atoms with Crippen molar-refractivity contribution in [3.8, 4) is 5.75 Å². The second-order valence-corrected chi connectivity index (χ2v) is 5.15. The van der Waals surface area contributed by atoms with Gasteiger partial charge in [-0.05, 0) is 43.4 Å². The maximum atomic E-state index is 11.8. The Morgan fingerprint density at radius 3 is 2.70 bits per heavy atom. The lowest BCUT2D eigenvalue weighted by Crippen LogP contribution is -2.50. The first-order chi connectivity index (χ1) is 9.52. The second-order valence-electron chi connectivity index (χ2n) is 3.83. The van der Waals surface area contributed by atoms with Crippen LogP contribution in [0, 0.1) is 0 Å². The standard InChI is InChI=1S/C13H16BrN3O2S/c1-3-8-15-13(20)17-16-12(18)9(2)19-11-6-4-10(14)5-7-11/h3-7,9H,1,8H2,2H3,(H,16,18)(H2,15,17,20). The molecule has 0 saturated heterocycles. The fraction of sp³-hybridized carbons (Fsp3) is 0.231. The number of benzene rings is 1. The summed E-state index contributed by atoms with van der Waals surface area (Å²) < 4.78 is 6.44. The van der Waals surface area contributed by atoms with Crippen LogP contribution in [0.5, 0.6) is 5.75 Å². The summed E-state index contributed by atoms with van der Waals surface area (Å²) in [5.41, 5.74) is 5.04. The molecule has 1 rings (SSSR count). The predicted octanol–water partition coefficient (Wildman–Crippen LogP) is 1.90. The van der Waals surface area contributed by atoms with E-state index in [2.05, 4.69) is 38.7 Å². The molecule has 0 aliphatic carbocycles. The van der Waals surface area contributed by atoms with Crippen LogP contribution in [0.4, 0.5) is 0 Å². The molecule has 5 nitrogen and oxygen atoms in total. The molecule has 0 heterocycles. The highest BCUT2D eigenvalue weighted by atomic mass is 79.9. The smallest absolute Gasteiger partial charge is 0.279 e. The molecule has 108 valence electrons. The van der Waals surface area contributed by atoms with Crippen molar-refractivity contribution in [2.75, 3.05) is 6.54 Å². The highest BCUT2D eigenvalue weighted by molar-refractivity contribution is 9.10. The molecule has 7 heteroatoms. The van der Waals surface area contributed by atoms with E-state index in [1.165, 1.54) is 0 Å². The third-order valence-electron chi connectivity index (χ3n) is 2.20. The number of halogens is 1. The number of ether oxygens (including phenoxy) is 1. The molecular formula is C13H16BrN3O2S. The zero-order valence-electron chi connectivity index (χ0n) is 11.0. The fourth-order valence-electron chi connectivity index (χ4n) is 1.20. The Hall–Kier alpha value is -1.60. The molecule has 0 fully saturated rings. The second kappa shape index (κ2) is 8.55. The maximum Gasteiger partial charge on any atom is 0.279 e. The summed E-state index contributed by atoms with van der Waals surface area (Å²) >= 11 is 8.27. The molecule has 0 aliphatic rings. The molecule has 20 heavy (non-hydrogen) atoms. The zero-order chi connectivity index (χ0) is 15.0. The van der Waals surface area contributed by atoms with Gasteiger partial charge in [-0.3, -0.25) is 15.6 Å². The molecule has 0 radical (unpaired) electrons. The Morgan fingerprint density at radius 1 is 1.45 bits per heavy atom. The van der Waals surface area contributed by atoms with E-state index < -0.39 is 6.10 Å². The molecule has 1 aromatic carbocycles. The van der Waals surface area contributed by atoms with Gasteiger partial charge in [-0.15, -0.1) is 6.58 Å². The first-order valence-corrected chi connectivity index (χ1v) is 7.10. The van der Waals surface area contributed by atoms with Gasteiger partial charge in [-0.1, -0.05) is 22.0 Å². The van der Waals surface area contributed by atoms with Crippen molar-refractivity contribution in [3.63, 3.8) is 0 Å². The minimum atomic E-state index is -0.647. The van der Waals surface area contributed by atoms with Crippen LogP contribution in [-0.2, 0) is 4.79 Å². The van der Waals surface area contributed by atoms with E-state index in [1.807, 2.05) is 12.1 Å². The number of carbonyl (C=O) groups excluding carboxylic acids is 1. The maximum absolute atomic E-state index is 11.8. The first-order valence-electron chi connectivity index (χ1n) is 5.89. The number of rotatable bonds is 5. The summed E-state index contributed by atoms with van der Waals surface area (Å²) in [5.74, 6) is 0.291. The summed E-state index contributed by atoms with van der Waals surface area (Å²) in [5, 5.41) is 3.14. The molecular weight excluding hydrogens is 342 g/mol. The molecule has 1 unspecified atom stereocenters. The van der Waals surface area contributed by atoms with Crippen LogP contribution in [0.1, 0.15) is 6.92 Å². The number of nitrogens with one attached hydrogen (secondary N) is 3. The third kappa shape index (κ3) is 6.03. The first kappa shape index (κ1) is 16.5. The van der Waals surface area contributed by atoms with Crippen LogP contribution >= 0.6 is 28.1 Å². The number of amides is 1. The van der Waals surface area contributed by atoms with Gasteiger partial charge in [0.05, 0.1) is 0 Å². The van der Waals surface area contributed by atoms with E-state index in [0.717, 1.165) is 4.47 Å². The van der Waals surface area contributed by atoms with Crippen LogP contribution in [0.2, 0.25) is 0 Å². The number of hydrogen-bond donors (Lipinski definition) is 3. The molecule has 0 aromatic heterocycles. The van der Waals surface area contributed by atoms with Crippen molar-refractivity contribution in [2.24, 2.45) is 0 Å². The van der Waals surface area contributed by atoms with Gasteiger partial charge in [0.25, 0.3) is 5.91 Å². The SMILES string of the molecule is C=CCNC(=S)NNC(=O)C(C)Oc1ccc(Br)cc1. The van der Waals surface area contributed by atoms with E-state index in [9.17, 15) is 4.79 Å². The highest BCUT2D eigenvalue weighted by Gasteiger charge is 2.14. The van der Waals surface area contributed by atoms with Crippen LogP contribution in [0.25, 0.3) is 0 Å². The van der Waals surface area contributed by atoms with E-state index in [0.29, 0.717) is 17.4 Å². The van der Waals surface area contributed by atoms with Crippen molar-refractivity contribution in [2.45, 2.75) is 13.0 Å². The normalized spacial score (nSPS) is 11.1. The quantitative estimate of drug-likeness (QED) is 0.426. The number of hydrazine groups is 1. The van der Waals surface area contributed by atoms with Gasteiger partial charge >= 0.3 is 0 Å². The van der Waals surface area contributed by atoms with Crippen LogP contribution in [0.15, 0.2) is 41.4 Å². The van der Waals surface area contributed by atoms with Gasteiger partial charge < -0.3 is 10.1 Å². The van der Waals surface area contributed by atoms with Gasteiger partial charge in [0.15, 0.2) is 11.2 Å². The summed E-state index contributed by atoms with van der Waals surface area (Å²) in [7, 11) is 0. The topological polar surface area (TPSA) is 62.4 Å². The molecule has 3 N–H and O–H groups in total. The van der Waals surface area contributed by atoms with Crippen LogP contribution in [-0.4, -0.2) is 23.7 Å². The fourth-order valence-corrected chi connectivity index (χ4v) is 1.60. The molecule has 0 saturated carbocycles.